The molecule has 3 aromatic carbocycles. The van der Waals surface area contributed by atoms with Crippen molar-refractivity contribution in [2.75, 3.05) is 11.5 Å². The van der Waals surface area contributed by atoms with Crippen LogP contribution in [0.15, 0.2) is 84.8 Å². The van der Waals surface area contributed by atoms with Gasteiger partial charge < -0.3 is 11.5 Å². The summed E-state index contributed by atoms with van der Waals surface area (Å²) in [6.45, 7) is 1.70. The van der Waals surface area contributed by atoms with E-state index in [2.05, 4.69) is 20.5 Å². The normalized spacial score (nSPS) is 11.9. The number of rotatable bonds is 6. The fraction of sp³-hybridized carbons (Fsp3) is 0.0526. The number of hydrogen-bond acceptors (Lipinski definition) is 10. The molecular formula is C19H18N6Na2O6S2. The predicted molar refractivity (Wildman–Crippen MR) is 132 cm³/mol. The van der Waals surface area contributed by atoms with Gasteiger partial charge in [-0.1, -0.05) is 0 Å². The van der Waals surface area contributed by atoms with E-state index in [1.54, 1.807) is 13.0 Å². The second-order valence-corrected chi connectivity index (χ2v) is 9.57. The Hall–Kier alpha value is -1.72. The van der Waals surface area contributed by atoms with E-state index in [9.17, 15) is 16.8 Å². The molecule has 0 saturated heterocycles. The summed E-state index contributed by atoms with van der Waals surface area (Å²) in [7, 11) is -8.65. The van der Waals surface area contributed by atoms with Crippen LogP contribution < -0.4 is 11.5 Å². The maximum Gasteiger partial charge on any atom is 0.294 e. The molecule has 0 unspecified atom stereocenters. The van der Waals surface area contributed by atoms with E-state index in [4.69, 9.17) is 20.6 Å². The molecule has 6 N–H and O–H groups in total. The van der Waals surface area contributed by atoms with Gasteiger partial charge in [0.1, 0.15) is 11.4 Å². The molecule has 0 fully saturated rings. The Labute approximate surface area is 246 Å². The molecule has 0 atom stereocenters. The summed E-state index contributed by atoms with van der Waals surface area (Å²) >= 11 is 0. The summed E-state index contributed by atoms with van der Waals surface area (Å²) in [5, 5.41) is 16.1. The van der Waals surface area contributed by atoms with Crippen LogP contribution in [0.2, 0.25) is 0 Å². The fourth-order valence-electron chi connectivity index (χ4n) is 2.59. The van der Waals surface area contributed by atoms with Crippen LogP contribution in [-0.4, -0.2) is 85.1 Å². The Kier molecular flexibility index (Phi) is 11.2. The minimum atomic E-state index is -4.33. The van der Waals surface area contributed by atoms with E-state index >= 15 is 0 Å². The molecular weight excluding hydrogens is 518 g/mol. The first-order valence-electron chi connectivity index (χ1n) is 9.03. The zero-order valence-electron chi connectivity index (χ0n) is 19.0. The number of nitrogen functional groups attached to an aromatic ring is 2. The topological polar surface area (TPSA) is 210 Å². The van der Waals surface area contributed by atoms with E-state index < -0.39 is 20.2 Å². The van der Waals surface area contributed by atoms with Gasteiger partial charge in [-0.2, -0.15) is 27.1 Å². The molecule has 0 saturated carbocycles. The Balaban J connectivity index is 0.00000306. The summed E-state index contributed by atoms with van der Waals surface area (Å²) in [5.41, 5.74) is 14.1. The van der Waals surface area contributed by atoms with Crippen LogP contribution in [0.4, 0.5) is 34.1 Å². The van der Waals surface area contributed by atoms with Crippen LogP contribution >= 0.6 is 0 Å². The van der Waals surface area contributed by atoms with E-state index in [0.29, 0.717) is 11.3 Å². The first-order chi connectivity index (χ1) is 15.4. The molecule has 3 aromatic rings. The number of benzene rings is 3. The maximum atomic E-state index is 11.1. The summed E-state index contributed by atoms with van der Waals surface area (Å²) in [6, 6.07) is 11.6. The third kappa shape index (κ3) is 8.15. The third-order valence-electron chi connectivity index (χ3n) is 4.37. The molecule has 0 bridgehead atoms. The first kappa shape index (κ1) is 31.3. The van der Waals surface area contributed by atoms with Crippen molar-refractivity contribution in [3.8, 4) is 0 Å². The van der Waals surface area contributed by atoms with Crippen molar-refractivity contribution in [2.24, 2.45) is 20.5 Å². The summed E-state index contributed by atoms with van der Waals surface area (Å²) in [4.78, 5) is -0.569. The number of anilines is 2. The van der Waals surface area contributed by atoms with Crippen molar-refractivity contribution in [2.45, 2.75) is 16.7 Å². The minimum Gasteiger partial charge on any atom is -0.397 e. The van der Waals surface area contributed by atoms with Crippen molar-refractivity contribution < 1.29 is 25.9 Å². The predicted octanol–water partition coefficient (Wildman–Crippen LogP) is 3.72. The van der Waals surface area contributed by atoms with Crippen LogP contribution in [0.3, 0.4) is 0 Å². The SMILES string of the molecule is Cc1cc(N=Nc2ccc(S(=O)(=O)O)cc2)c(N)c(N=Nc2ccc(S(=O)(=O)O)cc2)c1N.[Na].[Na]. The fourth-order valence-corrected chi connectivity index (χ4v) is 3.55. The largest absolute Gasteiger partial charge is 0.397 e. The second kappa shape index (κ2) is 12.5. The first-order valence-corrected chi connectivity index (χ1v) is 11.9. The summed E-state index contributed by atoms with van der Waals surface area (Å²) in [5.74, 6) is 0. The molecule has 0 aromatic heterocycles. The monoisotopic (exact) mass is 536 g/mol. The van der Waals surface area contributed by atoms with Gasteiger partial charge in [-0.15, -0.1) is 10.2 Å². The molecule has 0 aliphatic carbocycles. The van der Waals surface area contributed by atoms with Gasteiger partial charge in [0, 0.05) is 59.1 Å². The second-order valence-electron chi connectivity index (χ2n) is 6.73. The minimum absolute atomic E-state index is 0. The molecule has 0 spiro atoms. The summed E-state index contributed by atoms with van der Waals surface area (Å²) in [6.07, 6.45) is 0. The van der Waals surface area contributed by atoms with Gasteiger partial charge in [0.2, 0.25) is 0 Å². The molecule has 2 radical (unpaired) electrons. The van der Waals surface area contributed by atoms with E-state index in [-0.39, 0.29) is 97.3 Å². The number of hydrogen-bond donors (Lipinski definition) is 4. The Morgan fingerprint density at radius 2 is 1.06 bits per heavy atom. The third-order valence-corrected chi connectivity index (χ3v) is 6.11. The average molecular weight is 537 g/mol. The van der Waals surface area contributed by atoms with Crippen molar-refractivity contribution in [1.82, 2.24) is 0 Å². The number of nitrogens with two attached hydrogens (primary N) is 2. The molecule has 0 heterocycles. The van der Waals surface area contributed by atoms with Crippen molar-refractivity contribution in [3.63, 3.8) is 0 Å². The Morgan fingerprint density at radius 1 is 0.657 bits per heavy atom. The number of azo groups is 2. The van der Waals surface area contributed by atoms with Gasteiger partial charge in [0.15, 0.2) is 0 Å². The quantitative estimate of drug-likeness (QED) is 0.157. The molecule has 174 valence electrons. The number of nitrogens with zero attached hydrogens (tertiary/aromatic N) is 4. The van der Waals surface area contributed by atoms with Gasteiger partial charge in [0.05, 0.1) is 32.5 Å². The van der Waals surface area contributed by atoms with Crippen LogP contribution in [0.5, 0.6) is 0 Å². The van der Waals surface area contributed by atoms with Gasteiger partial charge in [0.25, 0.3) is 20.2 Å². The Bertz CT molecular complexity index is 1480. The molecule has 0 amide bonds. The zero-order valence-corrected chi connectivity index (χ0v) is 24.6. The molecule has 12 nitrogen and oxygen atoms in total. The van der Waals surface area contributed by atoms with Crippen molar-refractivity contribution in [3.05, 3.63) is 60.2 Å². The van der Waals surface area contributed by atoms with Gasteiger partial charge in [-0.25, -0.2) is 0 Å². The van der Waals surface area contributed by atoms with Crippen molar-refractivity contribution >= 4 is 113 Å². The zero-order chi connectivity index (χ0) is 24.4. The van der Waals surface area contributed by atoms with Crippen LogP contribution in [0, 0.1) is 6.92 Å². The smallest absolute Gasteiger partial charge is 0.294 e. The van der Waals surface area contributed by atoms with Gasteiger partial charge in [-0.05, 0) is 67.1 Å². The molecule has 35 heavy (non-hydrogen) atoms. The molecule has 0 aliphatic heterocycles. The molecule has 3 rings (SSSR count). The summed E-state index contributed by atoms with van der Waals surface area (Å²) < 4.78 is 62.5. The van der Waals surface area contributed by atoms with E-state index in [1.807, 2.05) is 0 Å². The van der Waals surface area contributed by atoms with Gasteiger partial charge in [-0.3, -0.25) is 9.11 Å². The van der Waals surface area contributed by atoms with E-state index in [0.717, 1.165) is 0 Å². The maximum absolute atomic E-state index is 11.1. The van der Waals surface area contributed by atoms with Crippen LogP contribution in [0.1, 0.15) is 5.56 Å². The standard InChI is InChI=1S/C19H18N6O6S2.2Na/c1-11-10-16(24-22-12-2-6-14(7-3-12)32(26,27)28)18(21)19(17(11)20)25-23-13-4-8-15(9-5-13)33(29,30)31;;/h2-10H,20-21H2,1H3,(H,26,27,28)(H,29,30,31);;. The van der Waals surface area contributed by atoms with Gasteiger partial charge >= 0.3 is 0 Å². The average Bonchev–Trinajstić information content (AvgIpc) is 2.74. The Morgan fingerprint density at radius 3 is 1.46 bits per heavy atom. The van der Waals surface area contributed by atoms with Crippen LogP contribution in [0.25, 0.3) is 0 Å². The van der Waals surface area contributed by atoms with Crippen LogP contribution in [-0.2, 0) is 20.2 Å². The van der Waals surface area contributed by atoms with E-state index in [1.165, 1.54) is 48.5 Å². The van der Waals surface area contributed by atoms with Crippen molar-refractivity contribution in [1.29, 1.82) is 0 Å². The molecule has 0 aliphatic rings. The number of aryl methyl sites for hydroxylation is 1. The molecule has 16 heteroatoms.